The van der Waals surface area contributed by atoms with Gasteiger partial charge in [0.25, 0.3) is 0 Å². The van der Waals surface area contributed by atoms with E-state index in [2.05, 4.69) is 10.0 Å². The lowest BCUT2D eigenvalue weighted by Gasteiger charge is -2.22. The fraction of sp³-hybridized carbons (Fsp3) is 0.400. The molecule has 1 aromatic carbocycles. The molecule has 2 rings (SSSR count). The molecule has 0 atom stereocenters. The van der Waals surface area contributed by atoms with Crippen molar-refractivity contribution >= 4 is 5.69 Å². The Hall–Kier alpha value is -1.55. The van der Waals surface area contributed by atoms with Crippen molar-refractivity contribution < 1.29 is 9.47 Å². The molecule has 0 unspecified atom stereocenters. The Morgan fingerprint density at radius 1 is 1.40 bits per heavy atom. The van der Waals surface area contributed by atoms with Crippen LogP contribution in [0.5, 0.6) is 0 Å². The smallest absolute Gasteiger partial charge is 0.192 e. The van der Waals surface area contributed by atoms with Crippen LogP contribution in [0.4, 0.5) is 5.69 Å². The lowest BCUT2D eigenvalue weighted by molar-refractivity contribution is -0.149. The van der Waals surface area contributed by atoms with Crippen LogP contribution >= 0.6 is 0 Å². The van der Waals surface area contributed by atoms with Crippen LogP contribution < -0.4 is 0 Å². The molecule has 1 fully saturated rings. The van der Waals surface area contributed by atoms with Crippen LogP contribution in [0.15, 0.2) is 29.4 Å². The largest absolute Gasteiger partial charge is 0.344 e. The molecule has 1 aromatic rings. The summed E-state index contributed by atoms with van der Waals surface area (Å²) >= 11 is 0. The van der Waals surface area contributed by atoms with E-state index in [9.17, 15) is 0 Å². The predicted octanol–water partition coefficient (Wildman–Crippen LogP) is 2.85. The summed E-state index contributed by atoms with van der Waals surface area (Å²) in [5, 5.41) is 3.54. The maximum absolute atomic E-state index is 8.34. The number of ether oxygens (including phenoxy) is 2. The molecule has 1 aliphatic rings. The van der Waals surface area contributed by atoms with Crippen molar-refractivity contribution in [1.82, 2.24) is 0 Å². The Bertz CT molecular complexity index is 407. The van der Waals surface area contributed by atoms with Gasteiger partial charge < -0.3 is 9.47 Å². The molecule has 78 valence electrons. The zero-order chi connectivity index (χ0) is 10.7. The molecule has 0 amide bonds. The monoisotopic (exact) mass is 205 g/mol. The first-order valence-electron chi connectivity index (χ1n) is 4.68. The normalized spacial score (nSPS) is 18.5. The zero-order valence-electron chi connectivity index (χ0n) is 8.38. The van der Waals surface area contributed by atoms with Gasteiger partial charge in [-0.2, -0.15) is 0 Å². The first-order valence-corrected chi connectivity index (χ1v) is 4.68. The van der Waals surface area contributed by atoms with E-state index < -0.39 is 5.79 Å². The standard InChI is InChI=1S/C10H11N3O2/c1-10(14-5-6-15-10)8-3-2-4-9(7-8)12-13-11/h2-4,7H,5-6H2,1H3. The average Bonchev–Trinajstić information content (AvgIpc) is 2.68. The van der Waals surface area contributed by atoms with E-state index in [1.807, 2.05) is 19.1 Å². The van der Waals surface area contributed by atoms with E-state index >= 15 is 0 Å². The highest BCUT2D eigenvalue weighted by atomic mass is 16.7. The van der Waals surface area contributed by atoms with Crippen molar-refractivity contribution in [2.75, 3.05) is 13.2 Å². The van der Waals surface area contributed by atoms with Crippen LogP contribution in [-0.4, -0.2) is 13.2 Å². The summed E-state index contributed by atoms with van der Waals surface area (Å²) in [7, 11) is 0. The van der Waals surface area contributed by atoms with Gasteiger partial charge in [-0.05, 0) is 18.5 Å². The van der Waals surface area contributed by atoms with Gasteiger partial charge in [-0.1, -0.05) is 23.3 Å². The number of hydrogen-bond donors (Lipinski definition) is 0. The summed E-state index contributed by atoms with van der Waals surface area (Å²) in [6, 6.07) is 7.21. The quantitative estimate of drug-likeness (QED) is 0.423. The molecule has 0 aromatic heterocycles. The van der Waals surface area contributed by atoms with Crippen LogP contribution in [0.25, 0.3) is 10.4 Å². The maximum atomic E-state index is 8.34. The van der Waals surface area contributed by atoms with Crippen molar-refractivity contribution in [3.63, 3.8) is 0 Å². The minimum absolute atomic E-state index is 0.565. The molecule has 5 nitrogen and oxygen atoms in total. The summed E-state index contributed by atoms with van der Waals surface area (Å²) in [6.07, 6.45) is 0. The second-order valence-corrected chi connectivity index (χ2v) is 3.38. The molecule has 0 N–H and O–H groups in total. The van der Waals surface area contributed by atoms with Crippen LogP contribution in [0.3, 0.4) is 0 Å². The maximum Gasteiger partial charge on any atom is 0.192 e. The summed E-state index contributed by atoms with van der Waals surface area (Å²) < 4.78 is 11.0. The van der Waals surface area contributed by atoms with Crippen LogP contribution in [-0.2, 0) is 15.3 Å². The highest BCUT2D eigenvalue weighted by Gasteiger charge is 2.32. The fourth-order valence-corrected chi connectivity index (χ4v) is 1.58. The molecule has 0 radical (unpaired) electrons. The van der Waals surface area contributed by atoms with E-state index in [1.54, 1.807) is 12.1 Å². The molecule has 0 saturated carbocycles. The van der Waals surface area contributed by atoms with Crippen LogP contribution in [0.2, 0.25) is 0 Å². The average molecular weight is 205 g/mol. The minimum atomic E-state index is -0.707. The molecule has 1 heterocycles. The zero-order valence-corrected chi connectivity index (χ0v) is 8.38. The Balaban J connectivity index is 2.35. The number of benzene rings is 1. The number of hydrogen-bond acceptors (Lipinski definition) is 3. The number of nitrogens with zero attached hydrogens (tertiary/aromatic N) is 3. The molecule has 0 bridgehead atoms. The SMILES string of the molecule is CC1(c2cccc(N=[N+]=[N-])c2)OCCO1. The van der Waals surface area contributed by atoms with Crippen molar-refractivity contribution in [2.45, 2.75) is 12.7 Å². The highest BCUT2D eigenvalue weighted by molar-refractivity contribution is 5.41. The lowest BCUT2D eigenvalue weighted by Crippen LogP contribution is -2.21. The van der Waals surface area contributed by atoms with Crippen molar-refractivity contribution in [1.29, 1.82) is 0 Å². The third-order valence-electron chi connectivity index (χ3n) is 2.37. The summed E-state index contributed by atoms with van der Waals surface area (Å²) in [4.78, 5) is 2.74. The predicted molar refractivity (Wildman–Crippen MR) is 54.5 cm³/mol. The first-order chi connectivity index (χ1) is 7.24. The molecular formula is C10H11N3O2. The third-order valence-corrected chi connectivity index (χ3v) is 2.37. The second-order valence-electron chi connectivity index (χ2n) is 3.38. The number of azide groups is 1. The van der Waals surface area contributed by atoms with Crippen molar-refractivity contribution in [3.05, 3.63) is 40.3 Å². The summed E-state index contributed by atoms with van der Waals surface area (Å²) in [6.45, 7) is 3.03. The Morgan fingerprint density at radius 3 is 2.80 bits per heavy atom. The molecule has 5 heteroatoms. The van der Waals surface area contributed by atoms with Gasteiger partial charge in [-0.15, -0.1) is 0 Å². The highest BCUT2D eigenvalue weighted by Crippen LogP contribution is 2.32. The molecule has 0 spiro atoms. The van der Waals surface area contributed by atoms with E-state index in [0.717, 1.165) is 5.56 Å². The first kappa shape index (κ1) is 9.98. The lowest BCUT2D eigenvalue weighted by atomic mass is 10.1. The third kappa shape index (κ3) is 1.94. The van der Waals surface area contributed by atoms with E-state index in [1.165, 1.54) is 0 Å². The Kier molecular flexibility index (Phi) is 2.60. The van der Waals surface area contributed by atoms with Gasteiger partial charge in [0, 0.05) is 16.2 Å². The van der Waals surface area contributed by atoms with Gasteiger partial charge >= 0.3 is 0 Å². The molecule has 1 saturated heterocycles. The van der Waals surface area contributed by atoms with Gasteiger partial charge in [-0.25, -0.2) is 0 Å². The molecule has 1 aliphatic heterocycles. The van der Waals surface area contributed by atoms with Crippen LogP contribution in [0, 0.1) is 0 Å². The van der Waals surface area contributed by atoms with Crippen molar-refractivity contribution in [2.24, 2.45) is 5.11 Å². The molecule has 0 aliphatic carbocycles. The van der Waals surface area contributed by atoms with Gasteiger partial charge in [0.05, 0.1) is 13.2 Å². The van der Waals surface area contributed by atoms with Gasteiger partial charge in [0.1, 0.15) is 0 Å². The second kappa shape index (κ2) is 3.90. The van der Waals surface area contributed by atoms with Gasteiger partial charge in [0.15, 0.2) is 5.79 Å². The topological polar surface area (TPSA) is 67.2 Å². The summed E-state index contributed by atoms with van der Waals surface area (Å²) in [5.74, 6) is -0.707. The van der Waals surface area contributed by atoms with Crippen LogP contribution in [0.1, 0.15) is 12.5 Å². The minimum Gasteiger partial charge on any atom is -0.344 e. The Labute approximate surface area is 87.2 Å². The molecular weight excluding hydrogens is 194 g/mol. The van der Waals surface area contributed by atoms with E-state index in [4.69, 9.17) is 15.0 Å². The van der Waals surface area contributed by atoms with E-state index in [0.29, 0.717) is 18.9 Å². The van der Waals surface area contributed by atoms with Gasteiger partial charge in [-0.3, -0.25) is 0 Å². The number of rotatable bonds is 2. The van der Waals surface area contributed by atoms with Gasteiger partial charge in [0.2, 0.25) is 0 Å². The van der Waals surface area contributed by atoms with E-state index in [-0.39, 0.29) is 0 Å². The summed E-state index contributed by atoms with van der Waals surface area (Å²) in [5.41, 5.74) is 9.77. The van der Waals surface area contributed by atoms with Crippen molar-refractivity contribution in [3.8, 4) is 0 Å². The Morgan fingerprint density at radius 2 is 2.13 bits per heavy atom. The molecule has 15 heavy (non-hydrogen) atoms. The fourth-order valence-electron chi connectivity index (χ4n) is 1.58.